The highest BCUT2D eigenvalue weighted by atomic mass is 35.5. The summed E-state index contributed by atoms with van der Waals surface area (Å²) in [5.74, 6) is 0.816. The molecule has 0 bridgehead atoms. The van der Waals surface area contributed by atoms with Gasteiger partial charge in [-0.1, -0.05) is 17.7 Å². The zero-order chi connectivity index (χ0) is 15.5. The molecule has 1 aromatic heterocycles. The molecule has 1 aliphatic rings. The Balaban J connectivity index is 1.91. The van der Waals surface area contributed by atoms with Crippen LogP contribution in [0.3, 0.4) is 0 Å². The summed E-state index contributed by atoms with van der Waals surface area (Å²) in [6.45, 7) is 5.88. The number of halogens is 1. The van der Waals surface area contributed by atoms with Crippen molar-refractivity contribution in [3.8, 4) is 6.07 Å². The van der Waals surface area contributed by atoms with Gasteiger partial charge in [0.15, 0.2) is 0 Å². The molecular weight excluding hydrogens is 298 g/mol. The molecule has 0 N–H and O–H groups in total. The van der Waals surface area contributed by atoms with Gasteiger partial charge in [0.2, 0.25) is 0 Å². The third kappa shape index (κ3) is 2.92. The highest BCUT2D eigenvalue weighted by molar-refractivity contribution is 6.31. The highest BCUT2D eigenvalue weighted by Gasteiger charge is 2.24. The van der Waals surface area contributed by atoms with Crippen LogP contribution in [0.2, 0.25) is 5.02 Å². The van der Waals surface area contributed by atoms with Crippen LogP contribution in [0, 0.1) is 11.3 Å². The largest absolute Gasteiger partial charge is 0.372 e. The van der Waals surface area contributed by atoms with Crippen molar-refractivity contribution in [1.82, 2.24) is 4.98 Å². The minimum absolute atomic E-state index is 0.186. The second kappa shape index (κ2) is 6.35. The van der Waals surface area contributed by atoms with Crippen LogP contribution in [-0.4, -0.2) is 30.8 Å². The average Bonchev–Trinajstić information content (AvgIpc) is 3.00. The molecule has 1 fully saturated rings. The quantitative estimate of drug-likeness (QED) is 0.810. The van der Waals surface area contributed by atoms with Gasteiger partial charge < -0.3 is 9.64 Å². The van der Waals surface area contributed by atoms with Crippen molar-refractivity contribution >= 4 is 28.3 Å². The van der Waals surface area contributed by atoms with Crippen LogP contribution in [0.15, 0.2) is 36.9 Å². The van der Waals surface area contributed by atoms with Crippen molar-refractivity contribution in [2.45, 2.75) is 12.5 Å². The summed E-state index contributed by atoms with van der Waals surface area (Å²) in [7, 11) is 0. The van der Waals surface area contributed by atoms with E-state index in [0.29, 0.717) is 17.2 Å². The zero-order valence-electron chi connectivity index (χ0n) is 12.1. The molecular formula is C17H16ClN3O. The Morgan fingerprint density at radius 2 is 2.36 bits per heavy atom. The summed E-state index contributed by atoms with van der Waals surface area (Å²) < 4.78 is 5.69. The van der Waals surface area contributed by atoms with Crippen molar-refractivity contribution < 1.29 is 4.74 Å². The number of nitrogens with zero attached hydrogens (tertiary/aromatic N) is 3. The third-order valence-corrected chi connectivity index (χ3v) is 4.03. The van der Waals surface area contributed by atoms with Gasteiger partial charge in [0.1, 0.15) is 5.82 Å². The molecule has 5 heteroatoms. The first-order chi connectivity index (χ1) is 10.7. The number of nitriles is 1. The second-order valence-electron chi connectivity index (χ2n) is 5.28. The molecule has 0 amide bonds. The molecule has 1 atom stereocenters. The first-order valence-corrected chi connectivity index (χ1v) is 7.57. The highest BCUT2D eigenvalue weighted by Crippen LogP contribution is 2.27. The Labute approximate surface area is 134 Å². The number of hydrogen-bond donors (Lipinski definition) is 0. The van der Waals surface area contributed by atoms with Gasteiger partial charge in [-0.2, -0.15) is 5.26 Å². The normalized spacial score (nSPS) is 17.6. The fourth-order valence-electron chi connectivity index (χ4n) is 2.71. The molecule has 0 radical (unpaired) electrons. The Morgan fingerprint density at radius 1 is 1.50 bits per heavy atom. The molecule has 1 aliphatic heterocycles. The maximum atomic E-state index is 9.39. The van der Waals surface area contributed by atoms with E-state index >= 15 is 0 Å². The number of aromatic nitrogens is 1. The lowest BCUT2D eigenvalue weighted by Gasteiger charge is -2.18. The number of benzene rings is 1. The fraction of sp³-hybridized carbons (Fsp3) is 0.294. The standard InChI is InChI=1S/C17H16ClN3O/c1-2-7-22-14-5-6-21(11-14)17-8-12(10-19)15-9-13(18)3-4-16(15)20-17/h2-4,8-9,14H,1,5-7,11H2. The average molecular weight is 314 g/mol. The van der Waals surface area contributed by atoms with E-state index in [-0.39, 0.29) is 6.10 Å². The van der Waals surface area contributed by atoms with E-state index < -0.39 is 0 Å². The first kappa shape index (κ1) is 14.8. The summed E-state index contributed by atoms with van der Waals surface area (Å²) in [6, 6.07) is 9.49. The lowest BCUT2D eigenvalue weighted by Crippen LogP contribution is -2.23. The number of hydrogen-bond acceptors (Lipinski definition) is 4. The van der Waals surface area contributed by atoms with Crippen molar-refractivity contribution in [3.63, 3.8) is 0 Å². The molecule has 2 aromatic rings. The summed E-state index contributed by atoms with van der Waals surface area (Å²) in [5.41, 5.74) is 1.38. The Kier molecular flexibility index (Phi) is 4.28. The lowest BCUT2D eigenvalue weighted by atomic mass is 10.1. The Bertz CT molecular complexity index is 753. The predicted molar refractivity (Wildman–Crippen MR) is 88.2 cm³/mol. The molecule has 1 aromatic carbocycles. The molecule has 2 heterocycles. The van der Waals surface area contributed by atoms with Gasteiger partial charge in [-0.3, -0.25) is 0 Å². The number of pyridine rings is 1. The molecule has 22 heavy (non-hydrogen) atoms. The lowest BCUT2D eigenvalue weighted by molar-refractivity contribution is 0.0909. The van der Waals surface area contributed by atoms with E-state index in [1.165, 1.54) is 0 Å². The van der Waals surface area contributed by atoms with Crippen LogP contribution in [0.1, 0.15) is 12.0 Å². The van der Waals surface area contributed by atoms with Gasteiger partial charge >= 0.3 is 0 Å². The maximum absolute atomic E-state index is 9.39. The first-order valence-electron chi connectivity index (χ1n) is 7.19. The second-order valence-corrected chi connectivity index (χ2v) is 5.72. The molecule has 1 unspecified atom stereocenters. The molecule has 4 nitrogen and oxygen atoms in total. The Morgan fingerprint density at radius 3 is 3.14 bits per heavy atom. The van der Waals surface area contributed by atoms with E-state index in [9.17, 15) is 5.26 Å². The van der Waals surface area contributed by atoms with Crippen LogP contribution in [0.5, 0.6) is 0 Å². The molecule has 0 spiro atoms. The molecule has 0 saturated carbocycles. The molecule has 0 aliphatic carbocycles. The van der Waals surface area contributed by atoms with Gasteiger partial charge in [0.05, 0.1) is 29.9 Å². The summed E-state index contributed by atoms with van der Waals surface area (Å²) in [5, 5.41) is 10.8. The predicted octanol–water partition coefficient (Wildman–Crippen LogP) is 3.54. The minimum Gasteiger partial charge on any atom is -0.372 e. The SMILES string of the molecule is C=CCOC1CCN(c2cc(C#N)c3cc(Cl)ccc3n2)C1. The van der Waals surface area contributed by atoms with Crippen LogP contribution in [0.4, 0.5) is 5.82 Å². The number of anilines is 1. The van der Waals surface area contributed by atoms with Crippen LogP contribution in [0.25, 0.3) is 10.9 Å². The van der Waals surface area contributed by atoms with E-state index in [4.69, 9.17) is 16.3 Å². The van der Waals surface area contributed by atoms with Crippen molar-refractivity contribution in [1.29, 1.82) is 5.26 Å². The van der Waals surface area contributed by atoms with Crippen LogP contribution >= 0.6 is 11.6 Å². The molecule has 1 saturated heterocycles. The van der Waals surface area contributed by atoms with E-state index in [1.54, 1.807) is 18.2 Å². The molecule has 3 rings (SSSR count). The van der Waals surface area contributed by atoms with Gasteiger partial charge in [-0.15, -0.1) is 6.58 Å². The van der Waals surface area contributed by atoms with Crippen molar-refractivity contribution in [3.05, 3.63) is 47.5 Å². The van der Waals surface area contributed by atoms with E-state index in [2.05, 4.69) is 22.5 Å². The number of ether oxygens (including phenoxy) is 1. The number of rotatable bonds is 4. The van der Waals surface area contributed by atoms with E-state index in [0.717, 1.165) is 36.2 Å². The van der Waals surface area contributed by atoms with Crippen molar-refractivity contribution in [2.75, 3.05) is 24.6 Å². The van der Waals surface area contributed by atoms with Gasteiger partial charge in [-0.25, -0.2) is 4.98 Å². The topological polar surface area (TPSA) is 49.1 Å². The van der Waals surface area contributed by atoms with E-state index in [1.807, 2.05) is 12.1 Å². The maximum Gasteiger partial charge on any atom is 0.130 e. The Hall–Kier alpha value is -2.09. The number of fused-ring (bicyclic) bond motifs is 1. The monoisotopic (exact) mass is 313 g/mol. The summed E-state index contributed by atoms with van der Waals surface area (Å²) in [4.78, 5) is 6.82. The summed E-state index contributed by atoms with van der Waals surface area (Å²) >= 11 is 6.01. The zero-order valence-corrected chi connectivity index (χ0v) is 12.9. The summed E-state index contributed by atoms with van der Waals surface area (Å²) in [6.07, 6.45) is 2.90. The van der Waals surface area contributed by atoms with Crippen molar-refractivity contribution in [2.24, 2.45) is 0 Å². The minimum atomic E-state index is 0.186. The fourth-order valence-corrected chi connectivity index (χ4v) is 2.89. The van der Waals surface area contributed by atoms with Gasteiger partial charge in [-0.05, 0) is 30.7 Å². The van der Waals surface area contributed by atoms with Gasteiger partial charge in [0.25, 0.3) is 0 Å². The van der Waals surface area contributed by atoms with Crippen LogP contribution < -0.4 is 4.90 Å². The van der Waals surface area contributed by atoms with Crippen LogP contribution in [-0.2, 0) is 4.74 Å². The third-order valence-electron chi connectivity index (χ3n) is 3.80. The van der Waals surface area contributed by atoms with Gasteiger partial charge in [0, 0.05) is 23.5 Å². The molecule has 112 valence electrons. The smallest absolute Gasteiger partial charge is 0.130 e.